The van der Waals surface area contributed by atoms with E-state index < -0.39 is 12.0 Å². The van der Waals surface area contributed by atoms with Gasteiger partial charge in [0.05, 0.1) is 0 Å². The van der Waals surface area contributed by atoms with Crippen LogP contribution in [0.2, 0.25) is 0 Å². The van der Waals surface area contributed by atoms with Crippen LogP contribution in [0.3, 0.4) is 0 Å². The monoisotopic (exact) mass is 342 g/mol. The van der Waals surface area contributed by atoms with Gasteiger partial charge in [-0.05, 0) is 42.4 Å². The molecule has 0 unspecified atom stereocenters. The average molecular weight is 342 g/mol. The Balaban J connectivity index is 1.84. The van der Waals surface area contributed by atoms with Gasteiger partial charge in [0, 0.05) is 11.6 Å². The van der Waals surface area contributed by atoms with Gasteiger partial charge in [-0.3, -0.25) is 0 Å². The van der Waals surface area contributed by atoms with Crippen LogP contribution in [0.15, 0.2) is 24.3 Å². The molecular formula is C20H26F4. The zero-order chi connectivity index (χ0) is 17.6. The van der Waals surface area contributed by atoms with Crippen molar-refractivity contribution in [2.24, 2.45) is 11.8 Å². The fraction of sp³-hybridized carbons (Fsp3) is 0.600. The third-order valence-corrected chi connectivity index (χ3v) is 5.02. The number of hydrogen-bond donors (Lipinski definition) is 0. The van der Waals surface area contributed by atoms with Crippen LogP contribution in [0.25, 0.3) is 6.08 Å². The van der Waals surface area contributed by atoms with E-state index in [1.165, 1.54) is 50.7 Å². The van der Waals surface area contributed by atoms with Crippen molar-refractivity contribution in [3.63, 3.8) is 0 Å². The van der Waals surface area contributed by atoms with Crippen molar-refractivity contribution in [1.82, 2.24) is 0 Å². The Morgan fingerprint density at radius 1 is 1.04 bits per heavy atom. The second-order valence-electron chi connectivity index (χ2n) is 6.94. The molecule has 0 aliphatic heterocycles. The standard InChI is InChI=1S/C20H26F4/c1-2-3-15-4-6-16(7-5-15)8-9-17-10-11-18(19(21)14-17)12-13-20(22,23)24/h10-16H,2-9H2,1H3. The lowest BCUT2D eigenvalue weighted by Crippen LogP contribution is -2.15. The zero-order valence-corrected chi connectivity index (χ0v) is 14.2. The van der Waals surface area contributed by atoms with Gasteiger partial charge in [-0.1, -0.05) is 57.6 Å². The van der Waals surface area contributed by atoms with Crippen LogP contribution >= 0.6 is 0 Å². The highest BCUT2D eigenvalue weighted by atomic mass is 19.4. The molecule has 0 heterocycles. The molecule has 0 N–H and O–H groups in total. The van der Waals surface area contributed by atoms with Gasteiger partial charge in [-0.15, -0.1) is 0 Å². The summed E-state index contributed by atoms with van der Waals surface area (Å²) in [6.07, 6.45) is 5.95. The first-order valence-electron chi connectivity index (χ1n) is 8.91. The van der Waals surface area contributed by atoms with E-state index in [9.17, 15) is 17.6 Å². The maximum atomic E-state index is 13.9. The number of halogens is 4. The van der Waals surface area contributed by atoms with Crippen molar-refractivity contribution in [2.75, 3.05) is 0 Å². The molecule has 0 nitrogen and oxygen atoms in total. The van der Waals surface area contributed by atoms with Gasteiger partial charge in [0.15, 0.2) is 0 Å². The number of benzene rings is 1. The highest BCUT2D eigenvalue weighted by Crippen LogP contribution is 2.34. The van der Waals surface area contributed by atoms with Crippen molar-refractivity contribution in [2.45, 2.75) is 64.5 Å². The SMILES string of the molecule is CCCC1CCC(CCc2ccc(C=CC(F)(F)F)c(F)c2)CC1. The summed E-state index contributed by atoms with van der Waals surface area (Å²) in [5.41, 5.74) is 0.850. The minimum Gasteiger partial charge on any atom is -0.206 e. The number of aryl methyl sites for hydroxylation is 1. The molecule has 0 saturated heterocycles. The Kier molecular flexibility index (Phi) is 6.88. The predicted molar refractivity (Wildman–Crippen MR) is 90.2 cm³/mol. The van der Waals surface area contributed by atoms with Crippen LogP contribution in [-0.2, 0) is 6.42 Å². The van der Waals surface area contributed by atoms with Crippen LogP contribution in [0.1, 0.15) is 63.0 Å². The van der Waals surface area contributed by atoms with E-state index in [0.29, 0.717) is 5.92 Å². The van der Waals surface area contributed by atoms with Gasteiger partial charge >= 0.3 is 6.18 Å². The Hall–Kier alpha value is -1.32. The quantitative estimate of drug-likeness (QED) is 0.491. The first-order chi connectivity index (χ1) is 11.4. The molecule has 0 atom stereocenters. The highest BCUT2D eigenvalue weighted by Gasteiger charge is 2.22. The Morgan fingerprint density at radius 3 is 2.21 bits per heavy atom. The minimum absolute atomic E-state index is 0.0175. The molecule has 1 saturated carbocycles. The lowest BCUT2D eigenvalue weighted by molar-refractivity contribution is -0.0790. The van der Waals surface area contributed by atoms with Crippen molar-refractivity contribution in [3.8, 4) is 0 Å². The smallest absolute Gasteiger partial charge is 0.206 e. The van der Waals surface area contributed by atoms with Crippen LogP contribution in [0, 0.1) is 17.7 Å². The summed E-state index contributed by atoms with van der Waals surface area (Å²) in [7, 11) is 0. The van der Waals surface area contributed by atoms with Crippen LogP contribution in [-0.4, -0.2) is 6.18 Å². The fourth-order valence-electron chi connectivity index (χ4n) is 3.63. The van der Waals surface area contributed by atoms with Crippen LogP contribution < -0.4 is 0 Å². The normalized spacial score (nSPS) is 22.2. The second-order valence-corrected chi connectivity index (χ2v) is 6.94. The molecule has 24 heavy (non-hydrogen) atoms. The van der Waals surface area contributed by atoms with E-state index in [2.05, 4.69) is 6.92 Å². The molecule has 0 amide bonds. The van der Waals surface area contributed by atoms with Crippen molar-refractivity contribution in [3.05, 3.63) is 41.2 Å². The predicted octanol–water partition coefficient (Wildman–Crippen LogP) is 6.94. The van der Waals surface area contributed by atoms with E-state index in [-0.39, 0.29) is 11.6 Å². The summed E-state index contributed by atoms with van der Waals surface area (Å²) in [5, 5.41) is 0. The van der Waals surface area contributed by atoms with Crippen LogP contribution in [0.5, 0.6) is 0 Å². The van der Waals surface area contributed by atoms with E-state index in [0.717, 1.165) is 30.4 Å². The summed E-state index contributed by atoms with van der Waals surface area (Å²) in [6, 6.07) is 4.55. The minimum atomic E-state index is -4.41. The fourth-order valence-corrected chi connectivity index (χ4v) is 3.63. The van der Waals surface area contributed by atoms with E-state index in [1.807, 2.05) is 0 Å². The first-order valence-corrected chi connectivity index (χ1v) is 8.91. The molecule has 0 aromatic heterocycles. The van der Waals surface area contributed by atoms with Crippen molar-refractivity contribution in [1.29, 1.82) is 0 Å². The van der Waals surface area contributed by atoms with Crippen molar-refractivity contribution >= 4 is 6.08 Å². The zero-order valence-electron chi connectivity index (χ0n) is 14.2. The summed E-state index contributed by atoms with van der Waals surface area (Å²) >= 11 is 0. The maximum Gasteiger partial charge on any atom is 0.409 e. The highest BCUT2D eigenvalue weighted by molar-refractivity contribution is 5.51. The van der Waals surface area contributed by atoms with E-state index >= 15 is 0 Å². The second kappa shape index (κ2) is 8.68. The molecule has 134 valence electrons. The molecule has 1 fully saturated rings. The molecule has 2 rings (SSSR count). The average Bonchev–Trinajstić information content (AvgIpc) is 2.53. The van der Waals surface area contributed by atoms with Gasteiger partial charge in [-0.2, -0.15) is 13.2 Å². The third-order valence-electron chi connectivity index (χ3n) is 5.02. The number of allylic oxidation sites excluding steroid dienone is 1. The molecule has 1 aromatic carbocycles. The molecule has 1 aliphatic carbocycles. The Morgan fingerprint density at radius 2 is 1.67 bits per heavy atom. The molecule has 1 aliphatic rings. The number of alkyl halides is 3. The molecule has 4 heteroatoms. The number of rotatable bonds is 6. The lowest BCUT2D eigenvalue weighted by Gasteiger charge is -2.28. The molecule has 0 bridgehead atoms. The third kappa shape index (κ3) is 6.29. The largest absolute Gasteiger partial charge is 0.409 e. The molecule has 1 aromatic rings. The van der Waals surface area contributed by atoms with Gasteiger partial charge in [-0.25, -0.2) is 4.39 Å². The van der Waals surface area contributed by atoms with Crippen LogP contribution in [0.4, 0.5) is 17.6 Å². The van der Waals surface area contributed by atoms with Gasteiger partial charge < -0.3 is 0 Å². The van der Waals surface area contributed by atoms with E-state index in [1.54, 1.807) is 6.07 Å². The Labute approximate surface area is 142 Å². The molecule has 0 radical (unpaired) electrons. The molecule has 0 spiro atoms. The van der Waals surface area contributed by atoms with Gasteiger partial charge in [0.2, 0.25) is 0 Å². The summed E-state index contributed by atoms with van der Waals surface area (Å²) in [6.45, 7) is 2.23. The van der Waals surface area contributed by atoms with Gasteiger partial charge in [0.25, 0.3) is 0 Å². The maximum absolute atomic E-state index is 13.9. The van der Waals surface area contributed by atoms with Gasteiger partial charge in [0.1, 0.15) is 5.82 Å². The van der Waals surface area contributed by atoms with E-state index in [4.69, 9.17) is 0 Å². The lowest BCUT2D eigenvalue weighted by atomic mass is 9.78. The topological polar surface area (TPSA) is 0 Å². The first kappa shape index (κ1) is 19.0. The van der Waals surface area contributed by atoms with Crippen molar-refractivity contribution < 1.29 is 17.6 Å². The molecular weight excluding hydrogens is 316 g/mol. The summed E-state index contributed by atoms with van der Waals surface area (Å²) in [5.74, 6) is 0.994. The Bertz CT molecular complexity index is 537. The summed E-state index contributed by atoms with van der Waals surface area (Å²) in [4.78, 5) is 0. The summed E-state index contributed by atoms with van der Waals surface area (Å²) < 4.78 is 50.3. The number of hydrogen-bond acceptors (Lipinski definition) is 0.